The Balaban J connectivity index is 1.34. The van der Waals surface area contributed by atoms with Crippen LogP contribution in [-0.2, 0) is 17.8 Å². The van der Waals surface area contributed by atoms with E-state index in [1.54, 1.807) is 6.26 Å². The molecule has 1 aromatic carbocycles. The van der Waals surface area contributed by atoms with Crippen LogP contribution in [0.2, 0.25) is 0 Å². The fourth-order valence-corrected chi connectivity index (χ4v) is 3.71. The summed E-state index contributed by atoms with van der Waals surface area (Å²) in [6, 6.07) is 12.0. The van der Waals surface area contributed by atoms with E-state index in [2.05, 4.69) is 11.0 Å². The van der Waals surface area contributed by atoms with E-state index in [0.717, 1.165) is 62.6 Å². The van der Waals surface area contributed by atoms with Crippen LogP contribution in [-0.4, -0.2) is 48.5 Å². The Labute approximate surface area is 148 Å². The summed E-state index contributed by atoms with van der Waals surface area (Å²) in [6.07, 6.45) is 3.28. The number of furan rings is 1. The molecule has 0 radical (unpaired) electrons. The third kappa shape index (κ3) is 3.71. The number of fused-ring (bicyclic) bond motifs is 1. The molecule has 1 fully saturated rings. The largest absolute Gasteiger partial charge is 0.493 e. The number of nitrogens with zero attached hydrogens (tertiary/aromatic N) is 2. The predicted octanol–water partition coefficient (Wildman–Crippen LogP) is 2.57. The van der Waals surface area contributed by atoms with Gasteiger partial charge in [0.2, 0.25) is 5.91 Å². The van der Waals surface area contributed by atoms with E-state index in [1.807, 2.05) is 35.2 Å². The Bertz CT molecular complexity index is 705. The van der Waals surface area contributed by atoms with Crippen LogP contribution in [0.15, 0.2) is 47.1 Å². The maximum Gasteiger partial charge on any atom is 0.226 e. The van der Waals surface area contributed by atoms with Gasteiger partial charge in [-0.3, -0.25) is 9.69 Å². The molecule has 0 unspecified atom stereocenters. The van der Waals surface area contributed by atoms with Gasteiger partial charge in [0.25, 0.3) is 0 Å². The van der Waals surface area contributed by atoms with E-state index < -0.39 is 0 Å². The van der Waals surface area contributed by atoms with Crippen LogP contribution in [0.1, 0.15) is 17.7 Å². The number of rotatable bonds is 3. The minimum absolute atomic E-state index is 0.0280. The topological polar surface area (TPSA) is 45.9 Å². The van der Waals surface area contributed by atoms with Crippen LogP contribution in [0.4, 0.5) is 0 Å². The molecule has 132 valence electrons. The SMILES string of the molecule is O=C([C@@H]1CCOc2ccccc2C1)N1CCN(Cc2ccco2)CC1. The molecule has 1 atom stereocenters. The van der Waals surface area contributed by atoms with Gasteiger partial charge in [-0.15, -0.1) is 0 Å². The standard InChI is InChI=1S/C20H24N2O3/c23-20(17-7-13-25-19-6-2-1-4-16(19)14-17)22-10-8-21(9-11-22)15-18-5-3-12-24-18/h1-6,12,17H,7-11,13-15H2/t17-/m1/s1. The molecule has 4 rings (SSSR count). The molecule has 1 amide bonds. The zero-order valence-corrected chi connectivity index (χ0v) is 14.4. The van der Waals surface area contributed by atoms with Gasteiger partial charge >= 0.3 is 0 Å². The Kier molecular flexibility index (Phi) is 4.74. The number of carbonyl (C=O) groups excluding carboxylic acids is 1. The minimum Gasteiger partial charge on any atom is -0.493 e. The maximum absolute atomic E-state index is 13.0. The molecule has 0 N–H and O–H groups in total. The molecule has 25 heavy (non-hydrogen) atoms. The third-order valence-corrected chi connectivity index (χ3v) is 5.16. The van der Waals surface area contributed by atoms with Crippen molar-refractivity contribution < 1.29 is 13.9 Å². The highest BCUT2D eigenvalue weighted by Crippen LogP contribution is 2.28. The highest BCUT2D eigenvalue weighted by molar-refractivity contribution is 5.79. The van der Waals surface area contributed by atoms with Crippen molar-refractivity contribution in [2.24, 2.45) is 5.92 Å². The molecule has 2 aromatic rings. The lowest BCUT2D eigenvalue weighted by atomic mass is 9.95. The van der Waals surface area contributed by atoms with Gasteiger partial charge in [0.1, 0.15) is 11.5 Å². The second-order valence-electron chi connectivity index (χ2n) is 6.83. The zero-order valence-electron chi connectivity index (χ0n) is 14.4. The van der Waals surface area contributed by atoms with E-state index in [0.29, 0.717) is 6.61 Å². The first-order valence-electron chi connectivity index (χ1n) is 9.04. The summed E-state index contributed by atoms with van der Waals surface area (Å²) in [5.74, 6) is 2.22. The molecule has 1 saturated heterocycles. The summed E-state index contributed by atoms with van der Waals surface area (Å²) in [5.41, 5.74) is 1.15. The van der Waals surface area contributed by atoms with Gasteiger partial charge in [-0.2, -0.15) is 0 Å². The van der Waals surface area contributed by atoms with Crippen molar-refractivity contribution in [2.45, 2.75) is 19.4 Å². The van der Waals surface area contributed by atoms with Crippen LogP contribution in [0.3, 0.4) is 0 Å². The lowest BCUT2D eigenvalue weighted by molar-refractivity contribution is -0.137. The molecule has 2 aliphatic heterocycles. The van der Waals surface area contributed by atoms with Crippen molar-refractivity contribution in [3.8, 4) is 5.75 Å². The minimum atomic E-state index is 0.0280. The van der Waals surface area contributed by atoms with Gasteiger partial charge in [0.15, 0.2) is 0 Å². The quantitative estimate of drug-likeness (QED) is 0.861. The molecule has 0 saturated carbocycles. The molecule has 5 heteroatoms. The highest BCUT2D eigenvalue weighted by atomic mass is 16.5. The lowest BCUT2D eigenvalue weighted by Crippen LogP contribution is -2.50. The summed E-state index contributed by atoms with van der Waals surface area (Å²) >= 11 is 0. The number of ether oxygens (including phenoxy) is 1. The Hall–Kier alpha value is -2.27. The van der Waals surface area contributed by atoms with Gasteiger partial charge in [-0.1, -0.05) is 18.2 Å². The van der Waals surface area contributed by atoms with Crippen molar-refractivity contribution in [1.82, 2.24) is 9.80 Å². The molecule has 0 bridgehead atoms. The first kappa shape index (κ1) is 16.2. The van der Waals surface area contributed by atoms with E-state index >= 15 is 0 Å². The molecule has 2 aliphatic rings. The molecule has 0 spiro atoms. The Morgan fingerprint density at radius 2 is 1.92 bits per heavy atom. The molecular formula is C20H24N2O3. The van der Waals surface area contributed by atoms with Crippen molar-refractivity contribution in [2.75, 3.05) is 32.8 Å². The molecule has 5 nitrogen and oxygen atoms in total. The van der Waals surface area contributed by atoms with Crippen LogP contribution in [0.5, 0.6) is 5.75 Å². The van der Waals surface area contributed by atoms with Gasteiger partial charge in [0, 0.05) is 32.1 Å². The summed E-state index contributed by atoms with van der Waals surface area (Å²) in [7, 11) is 0. The maximum atomic E-state index is 13.0. The molecule has 1 aromatic heterocycles. The van der Waals surface area contributed by atoms with E-state index in [9.17, 15) is 4.79 Å². The fraction of sp³-hybridized carbons (Fsp3) is 0.450. The van der Waals surface area contributed by atoms with Gasteiger partial charge in [0.05, 0.1) is 19.4 Å². The number of carbonyl (C=O) groups is 1. The number of hydrogen-bond donors (Lipinski definition) is 0. The zero-order chi connectivity index (χ0) is 17.1. The monoisotopic (exact) mass is 340 g/mol. The predicted molar refractivity (Wildman–Crippen MR) is 94.3 cm³/mol. The Morgan fingerprint density at radius 1 is 1.08 bits per heavy atom. The highest BCUT2D eigenvalue weighted by Gasteiger charge is 2.29. The van der Waals surface area contributed by atoms with E-state index in [-0.39, 0.29) is 11.8 Å². The van der Waals surface area contributed by atoms with E-state index in [1.165, 1.54) is 0 Å². The third-order valence-electron chi connectivity index (χ3n) is 5.16. The summed E-state index contributed by atoms with van der Waals surface area (Å²) in [5, 5.41) is 0. The van der Waals surface area contributed by atoms with Crippen molar-refractivity contribution in [1.29, 1.82) is 0 Å². The number of amides is 1. The molecule has 3 heterocycles. The number of benzene rings is 1. The molecule has 0 aliphatic carbocycles. The second kappa shape index (κ2) is 7.31. The second-order valence-corrected chi connectivity index (χ2v) is 6.83. The van der Waals surface area contributed by atoms with Crippen LogP contribution >= 0.6 is 0 Å². The number of hydrogen-bond acceptors (Lipinski definition) is 4. The number of piperazine rings is 1. The van der Waals surface area contributed by atoms with Crippen LogP contribution in [0, 0.1) is 5.92 Å². The first-order chi connectivity index (χ1) is 12.3. The average molecular weight is 340 g/mol. The van der Waals surface area contributed by atoms with Gasteiger partial charge in [-0.25, -0.2) is 0 Å². The first-order valence-corrected chi connectivity index (χ1v) is 9.04. The summed E-state index contributed by atoms with van der Waals surface area (Å²) < 4.78 is 11.2. The average Bonchev–Trinajstić information content (AvgIpc) is 3.05. The van der Waals surface area contributed by atoms with Crippen molar-refractivity contribution in [3.05, 3.63) is 54.0 Å². The summed E-state index contributed by atoms with van der Waals surface area (Å²) in [4.78, 5) is 17.3. The summed E-state index contributed by atoms with van der Waals surface area (Å²) in [6.45, 7) is 4.81. The smallest absolute Gasteiger partial charge is 0.226 e. The normalized spacial score (nSPS) is 21.3. The van der Waals surface area contributed by atoms with Gasteiger partial charge < -0.3 is 14.1 Å². The lowest BCUT2D eigenvalue weighted by Gasteiger charge is -2.36. The Morgan fingerprint density at radius 3 is 2.72 bits per heavy atom. The van der Waals surface area contributed by atoms with E-state index in [4.69, 9.17) is 9.15 Å². The van der Waals surface area contributed by atoms with Crippen molar-refractivity contribution in [3.63, 3.8) is 0 Å². The van der Waals surface area contributed by atoms with Crippen LogP contribution in [0.25, 0.3) is 0 Å². The number of para-hydroxylation sites is 1. The van der Waals surface area contributed by atoms with Crippen LogP contribution < -0.4 is 4.74 Å². The van der Waals surface area contributed by atoms with Gasteiger partial charge in [-0.05, 0) is 36.6 Å². The molecular weight excluding hydrogens is 316 g/mol. The van der Waals surface area contributed by atoms with Crippen molar-refractivity contribution >= 4 is 5.91 Å². The fourth-order valence-electron chi connectivity index (χ4n) is 3.71.